The third-order valence-corrected chi connectivity index (χ3v) is 6.04. The molecule has 2 aliphatic rings. The summed E-state index contributed by atoms with van der Waals surface area (Å²) in [5.74, 6) is -0.394. The highest BCUT2D eigenvalue weighted by Crippen LogP contribution is 2.44. The standard InChI is InChI=1S/C15H18F3N5S.ClH/c16-15(17,18)8-1-2-10-9(7-8)11-12(24-10)13(22-14(19)21-11)23-5-3-20-4-6-23;/h8,20H,1-7H2,(H2,19,21,22);1H. The molecule has 2 aromatic rings. The number of nitrogens with zero attached hydrogens (tertiary/aromatic N) is 3. The predicted molar refractivity (Wildman–Crippen MR) is 95.7 cm³/mol. The highest BCUT2D eigenvalue weighted by atomic mass is 35.5. The van der Waals surface area contributed by atoms with Gasteiger partial charge < -0.3 is 16.0 Å². The second kappa shape index (κ2) is 6.77. The van der Waals surface area contributed by atoms with Crippen molar-refractivity contribution in [3.05, 3.63) is 10.4 Å². The molecule has 1 fully saturated rings. The molecule has 0 radical (unpaired) electrons. The van der Waals surface area contributed by atoms with E-state index in [0.717, 1.165) is 41.6 Å². The molecule has 5 nitrogen and oxygen atoms in total. The van der Waals surface area contributed by atoms with Crippen LogP contribution in [0.1, 0.15) is 16.9 Å². The van der Waals surface area contributed by atoms with Crippen LogP contribution in [0.25, 0.3) is 10.2 Å². The molecule has 1 saturated heterocycles. The van der Waals surface area contributed by atoms with E-state index in [1.807, 2.05) is 0 Å². The highest BCUT2D eigenvalue weighted by molar-refractivity contribution is 7.19. The van der Waals surface area contributed by atoms with Crippen LogP contribution in [0.4, 0.5) is 24.9 Å². The summed E-state index contributed by atoms with van der Waals surface area (Å²) in [4.78, 5) is 11.8. The van der Waals surface area contributed by atoms with Crippen LogP contribution in [-0.2, 0) is 12.8 Å². The van der Waals surface area contributed by atoms with Crippen molar-refractivity contribution in [1.82, 2.24) is 15.3 Å². The minimum absolute atomic E-state index is 0. The van der Waals surface area contributed by atoms with Crippen molar-refractivity contribution >= 4 is 45.7 Å². The minimum atomic E-state index is -4.16. The Morgan fingerprint density at radius 2 is 1.92 bits per heavy atom. The first-order chi connectivity index (χ1) is 11.4. The number of hydrogen-bond acceptors (Lipinski definition) is 6. The maximum absolute atomic E-state index is 13.1. The number of nitrogens with two attached hydrogens (primary N) is 1. The predicted octanol–water partition coefficient (Wildman–Crippen LogP) is 2.77. The molecule has 2 aromatic heterocycles. The topological polar surface area (TPSA) is 67.1 Å². The van der Waals surface area contributed by atoms with Gasteiger partial charge in [0, 0.05) is 31.1 Å². The molecule has 0 spiro atoms. The summed E-state index contributed by atoms with van der Waals surface area (Å²) in [6.07, 6.45) is -3.57. The van der Waals surface area contributed by atoms with E-state index in [2.05, 4.69) is 20.2 Å². The van der Waals surface area contributed by atoms with Gasteiger partial charge in [0.25, 0.3) is 0 Å². The molecule has 1 atom stereocenters. The number of fused-ring (bicyclic) bond motifs is 3. The Kier molecular flexibility index (Phi) is 5.00. The number of hydrogen-bond donors (Lipinski definition) is 2. The van der Waals surface area contributed by atoms with Crippen LogP contribution in [0.5, 0.6) is 0 Å². The average Bonchev–Trinajstić information content (AvgIpc) is 2.92. The number of halogens is 4. The van der Waals surface area contributed by atoms with Crippen LogP contribution in [-0.4, -0.2) is 42.3 Å². The van der Waals surface area contributed by atoms with Crippen LogP contribution in [0.3, 0.4) is 0 Å². The quantitative estimate of drug-likeness (QED) is 0.779. The molecule has 3 heterocycles. The van der Waals surface area contributed by atoms with Crippen LogP contribution in [0.15, 0.2) is 0 Å². The Balaban J connectivity index is 0.00000182. The van der Waals surface area contributed by atoms with E-state index < -0.39 is 12.1 Å². The molecule has 3 N–H and O–H groups in total. The van der Waals surface area contributed by atoms with Crippen LogP contribution in [0.2, 0.25) is 0 Å². The van der Waals surface area contributed by atoms with Crippen molar-refractivity contribution in [2.75, 3.05) is 36.8 Å². The number of piperazine rings is 1. The highest BCUT2D eigenvalue weighted by Gasteiger charge is 2.42. The van der Waals surface area contributed by atoms with Crippen molar-refractivity contribution in [2.45, 2.75) is 25.4 Å². The van der Waals surface area contributed by atoms with Gasteiger partial charge in [-0.25, -0.2) is 4.98 Å². The van der Waals surface area contributed by atoms with E-state index in [1.165, 1.54) is 11.3 Å². The second-order valence-corrected chi connectivity index (χ2v) is 7.41. The lowest BCUT2D eigenvalue weighted by molar-refractivity contribution is -0.176. The van der Waals surface area contributed by atoms with Gasteiger partial charge in [-0.1, -0.05) is 0 Å². The monoisotopic (exact) mass is 393 g/mol. The maximum Gasteiger partial charge on any atom is 0.392 e. The molecule has 1 aliphatic heterocycles. The van der Waals surface area contributed by atoms with Crippen molar-refractivity contribution in [3.8, 4) is 0 Å². The zero-order valence-corrected chi connectivity index (χ0v) is 15.0. The minimum Gasteiger partial charge on any atom is -0.368 e. The summed E-state index contributed by atoms with van der Waals surface area (Å²) in [6.45, 7) is 3.32. The molecular formula is C15H19ClF3N5S. The van der Waals surface area contributed by atoms with Gasteiger partial charge in [-0.3, -0.25) is 0 Å². The van der Waals surface area contributed by atoms with Crippen molar-refractivity contribution in [3.63, 3.8) is 0 Å². The fourth-order valence-corrected chi connectivity index (χ4v) is 4.81. The number of aromatic nitrogens is 2. The largest absolute Gasteiger partial charge is 0.392 e. The summed E-state index contributed by atoms with van der Waals surface area (Å²) in [5, 5.41) is 3.28. The van der Waals surface area contributed by atoms with E-state index in [4.69, 9.17) is 5.73 Å². The number of nitrogens with one attached hydrogen (secondary N) is 1. The lowest BCUT2D eigenvalue weighted by Gasteiger charge is -2.28. The lowest BCUT2D eigenvalue weighted by atomic mass is 9.87. The molecule has 0 aromatic carbocycles. The first-order valence-electron chi connectivity index (χ1n) is 8.03. The Bertz CT molecular complexity index is 773. The molecule has 0 saturated carbocycles. The molecule has 1 unspecified atom stereocenters. The molecule has 10 heteroatoms. The van der Waals surface area contributed by atoms with Crippen molar-refractivity contribution < 1.29 is 13.2 Å². The first-order valence-corrected chi connectivity index (χ1v) is 8.85. The summed E-state index contributed by atoms with van der Waals surface area (Å²) in [6, 6.07) is 0. The molecular weight excluding hydrogens is 375 g/mol. The maximum atomic E-state index is 13.1. The summed E-state index contributed by atoms with van der Waals surface area (Å²) >= 11 is 1.53. The van der Waals surface area contributed by atoms with Gasteiger partial charge in [0.1, 0.15) is 0 Å². The van der Waals surface area contributed by atoms with Gasteiger partial charge in [0.15, 0.2) is 5.82 Å². The van der Waals surface area contributed by atoms with Crippen LogP contribution >= 0.6 is 23.7 Å². The van der Waals surface area contributed by atoms with Gasteiger partial charge in [-0.05, 0) is 24.8 Å². The summed E-state index contributed by atoms with van der Waals surface area (Å²) in [7, 11) is 0. The average molecular weight is 394 g/mol. The first kappa shape index (κ1) is 18.5. The van der Waals surface area contributed by atoms with E-state index in [-0.39, 0.29) is 31.2 Å². The Morgan fingerprint density at radius 1 is 1.20 bits per heavy atom. The van der Waals surface area contributed by atoms with E-state index in [0.29, 0.717) is 17.5 Å². The lowest BCUT2D eigenvalue weighted by Crippen LogP contribution is -2.44. The SMILES string of the molecule is Cl.Nc1nc(N2CCNCC2)c2sc3c(c2n1)CC(C(F)(F)F)CC3. The van der Waals surface area contributed by atoms with Gasteiger partial charge >= 0.3 is 6.18 Å². The fraction of sp³-hybridized carbons (Fsp3) is 0.600. The molecule has 1 aliphatic carbocycles. The van der Waals surface area contributed by atoms with Crippen LogP contribution in [0, 0.1) is 5.92 Å². The Labute approximate surface area is 153 Å². The van der Waals surface area contributed by atoms with Crippen molar-refractivity contribution in [1.29, 1.82) is 0 Å². The molecule has 25 heavy (non-hydrogen) atoms. The van der Waals surface area contributed by atoms with E-state index >= 15 is 0 Å². The summed E-state index contributed by atoms with van der Waals surface area (Å²) in [5.41, 5.74) is 7.19. The van der Waals surface area contributed by atoms with Gasteiger partial charge in [-0.2, -0.15) is 18.2 Å². The molecule has 4 rings (SSSR count). The fourth-order valence-electron chi connectivity index (χ4n) is 3.51. The summed E-state index contributed by atoms with van der Waals surface area (Å²) < 4.78 is 40.2. The molecule has 0 amide bonds. The molecule has 138 valence electrons. The van der Waals surface area contributed by atoms with Gasteiger partial charge in [0.2, 0.25) is 5.95 Å². The van der Waals surface area contributed by atoms with Gasteiger partial charge in [-0.15, -0.1) is 23.7 Å². The number of nitrogen functional groups attached to an aromatic ring is 1. The number of rotatable bonds is 1. The smallest absolute Gasteiger partial charge is 0.368 e. The number of thiophene rings is 1. The second-order valence-electron chi connectivity index (χ2n) is 6.31. The zero-order valence-electron chi connectivity index (χ0n) is 13.4. The number of alkyl halides is 3. The Morgan fingerprint density at radius 3 is 2.60 bits per heavy atom. The Hall–Kier alpha value is -1.32. The zero-order chi connectivity index (χ0) is 16.9. The normalized spacial score (nSPS) is 21.1. The third kappa shape index (κ3) is 3.37. The van der Waals surface area contributed by atoms with E-state index in [1.54, 1.807) is 0 Å². The van der Waals surface area contributed by atoms with E-state index in [9.17, 15) is 13.2 Å². The number of aryl methyl sites for hydroxylation is 1. The third-order valence-electron chi connectivity index (χ3n) is 4.76. The van der Waals surface area contributed by atoms with Gasteiger partial charge in [0.05, 0.1) is 16.1 Å². The number of anilines is 2. The van der Waals surface area contributed by atoms with Crippen LogP contribution < -0.4 is 16.0 Å². The van der Waals surface area contributed by atoms with Crippen molar-refractivity contribution in [2.24, 2.45) is 5.92 Å². The molecule has 0 bridgehead atoms.